The number of carbonyl (C=O) groups excluding carboxylic acids is 1. The lowest BCUT2D eigenvalue weighted by Crippen LogP contribution is -2.27. The predicted molar refractivity (Wildman–Crippen MR) is 85.4 cm³/mol. The van der Waals surface area contributed by atoms with Crippen LogP contribution in [0, 0.1) is 5.92 Å². The van der Waals surface area contributed by atoms with E-state index >= 15 is 0 Å². The van der Waals surface area contributed by atoms with Crippen molar-refractivity contribution in [1.82, 2.24) is 0 Å². The fourth-order valence-electron chi connectivity index (χ4n) is 2.92. The minimum atomic E-state index is -0.106. The fourth-order valence-corrected chi connectivity index (χ4v) is 3.15. The highest BCUT2D eigenvalue weighted by molar-refractivity contribution is 6.34. The average molecular weight is 295 g/mol. The van der Waals surface area contributed by atoms with Crippen LogP contribution in [0.2, 0.25) is 5.02 Å². The molecule has 0 spiro atoms. The molecule has 0 bridgehead atoms. The minimum Gasteiger partial charge on any atom is -0.382 e. The fraction of sp³-hybridized carbons (Fsp3) is 0.562. The minimum absolute atomic E-state index is 0.106. The van der Waals surface area contributed by atoms with E-state index in [9.17, 15) is 4.79 Å². The van der Waals surface area contributed by atoms with E-state index in [1.54, 1.807) is 0 Å². The van der Waals surface area contributed by atoms with Gasteiger partial charge in [-0.2, -0.15) is 0 Å². The smallest absolute Gasteiger partial charge is 0.221 e. The summed E-state index contributed by atoms with van der Waals surface area (Å²) in [7, 11) is 0. The molecule has 1 aliphatic carbocycles. The first-order valence-corrected chi connectivity index (χ1v) is 7.80. The summed E-state index contributed by atoms with van der Waals surface area (Å²) >= 11 is 6.19. The number of carbonyl (C=O) groups is 1. The second-order valence-corrected chi connectivity index (χ2v) is 6.07. The Kier molecular flexibility index (Phi) is 5.30. The lowest BCUT2D eigenvalue weighted by atomic mass is 9.84. The van der Waals surface area contributed by atoms with Crippen LogP contribution in [0.3, 0.4) is 0 Å². The molecule has 1 aliphatic rings. The molecule has 0 aromatic heterocycles. The molecule has 110 valence electrons. The van der Waals surface area contributed by atoms with E-state index in [0.717, 1.165) is 11.6 Å². The lowest BCUT2D eigenvalue weighted by molar-refractivity contribution is -0.114. The number of amides is 1. The number of hydrogen-bond acceptors (Lipinski definition) is 2. The second-order valence-electron chi connectivity index (χ2n) is 5.66. The van der Waals surface area contributed by atoms with Crippen LogP contribution < -0.4 is 10.6 Å². The molecular formula is C16H23ClN2O. The van der Waals surface area contributed by atoms with Gasteiger partial charge in [-0.25, -0.2) is 0 Å². The van der Waals surface area contributed by atoms with Crippen LogP contribution in [-0.4, -0.2) is 11.9 Å². The number of hydrogen-bond donors (Lipinski definition) is 2. The van der Waals surface area contributed by atoms with Crippen molar-refractivity contribution in [3.05, 3.63) is 23.2 Å². The Morgan fingerprint density at radius 3 is 2.85 bits per heavy atom. The van der Waals surface area contributed by atoms with Crippen LogP contribution in [0.25, 0.3) is 0 Å². The van der Waals surface area contributed by atoms with Crippen molar-refractivity contribution in [2.24, 2.45) is 5.92 Å². The summed E-state index contributed by atoms with van der Waals surface area (Å²) in [6, 6.07) is 6.26. The Morgan fingerprint density at radius 1 is 1.40 bits per heavy atom. The Bertz CT molecular complexity index is 476. The quantitative estimate of drug-likeness (QED) is 0.846. The monoisotopic (exact) mass is 294 g/mol. The third-order valence-corrected chi connectivity index (χ3v) is 4.32. The van der Waals surface area contributed by atoms with Crippen molar-refractivity contribution >= 4 is 28.9 Å². The summed E-state index contributed by atoms with van der Waals surface area (Å²) in [5.74, 6) is 0.737. The van der Waals surface area contributed by atoms with Crippen molar-refractivity contribution < 1.29 is 4.79 Å². The molecule has 2 unspecified atom stereocenters. The van der Waals surface area contributed by atoms with E-state index in [0.29, 0.717) is 16.8 Å². The molecule has 0 saturated heterocycles. The summed E-state index contributed by atoms with van der Waals surface area (Å²) in [6.45, 7) is 3.75. The zero-order valence-electron chi connectivity index (χ0n) is 12.2. The first-order chi connectivity index (χ1) is 9.58. The molecular weight excluding hydrogens is 272 g/mol. The molecule has 2 atom stereocenters. The Morgan fingerprint density at radius 2 is 2.20 bits per heavy atom. The topological polar surface area (TPSA) is 41.1 Å². The van der Waals surface area contributed by atoms with Crippen molar-refractivity contribution in [1.29, 1.82) is 0 Å². The molecule has 1 aromatic carbocycles. The SMILES string of the molecule is CCC1CCCC(Nc2ccc(NC(C)=O)c(Cl)c2)C1. The third kappa shape index (κ3) is 4.14. The maximum absolute atomic E-state index is 11.1. The summed E-state index contributed by atoms with van der Waals surface area (Å²) in [5.41, 5.74) is 1.70. The molecule has 4 heteroatoms. The second kappa shape index (κ2) is 6.98. The lowest BCUT2D eigenvalue weighted by Gasteiger charge is -2.30. The first-order valence-electron chi connectivity index (χ1n) is 7.42. The van der Waals surface area contributed by atoms with E-state index in [-0.39, 0.29) is 5.91 Å². The highest BCUT2D eigenvalue weighted by atomic mass is 35.5. The van der Waals surface area contributed by atoms with Gasteiger partial charge in [0.2, 0.25) is 5.91 Å². The molecule has 2 rings (SSSR count). The van der Waals surface area contributed by atoms with E-state index < -0.39 is 0 Å². The Labute approximate surface area is 126 Å². The van der Waals surface area contributed by atoms with E-state index in [1.165, 1.54) is 39.0 Å². The molecule has 1 aromatic rings. The van der Waals surface area contributed by atoms with Crippen LogP contribution in [0.4, 0.5) is 11.4 Å². The Balaban J connectivity index is 1.99. The van der Waals surface area contributed by atoms with Crippen molar-refractivity contribution in [3.8, 4) is 0 Å². The van der Waals surface area contributed by atoms with Crippen molar-refractivity contribution in [2.75, 3.05) is 10.6 Å². The molecule has 1 saturated carbocycles. The number of benzene rings is 1. The molecule has 0 radical (unpaired) electrons. The van der Waals surface area contributed by atoms with Crippen molar-refractivity contribution in [3.63, 3.8) is 0 Å². The van der Waals surface area contributed by atoms with Gasteiger partial charge in [-0.3, -0.25) is 4.79 Å². The maximum atomic E-state index is 11.1. The zero-order valence-corrected chi connectivity index (χ0v) is 13.0. The molecule has 3 nitrogen and oxygen atoms in total. The number of halogens is 1. The van der Waals surface area contributed by atoms with E-state index in [2.05, 4.69) is 17.6 Å². The van der Waals surface area contributed by atoms with Gasteiger partial charge in [0.05, 0.1) is 10.7 Å². The summed E-state index contributed by atoms with van der Waals surface area (Å²) in [6.07, 6.45) is 6.38. The standard InChI is InChI=1S/C16H23ClN2O/c1-3-12-5-4-6-13(9-12)19-14-7-8-16(15(17)10-14)18-11(2)20/h7-8,10,12-13,19H,3-6,9H2,1-2H3,(H,18,20). The molecule has 20 heavy (non-hydrogen) atoms. The Hall–Kier alpha value is -1.22. The molecule has 1 fully saturated rings. The highest BCUT2D eigenvalue weighted by Crippen LogP contribution is 2.31. The van der Waals surface area contributed by atoms with Gasteiger partial charge < -0.3 is 10.6 Å². The number of anilines is 2. The third-order valence-electron chi connectivity index (χ3n) is 4.01. The average Bonchev–Trinajstić information content (AvgIpc) is 2.42. The van der Waals surface area contributed by atoms with Gasteiger partial charge in [0.25, 0.3) is 0 Å². The predicted octanol–water partition coefficient (Wildman–Crippen LogP) is 4.68. The van der Waals surface area contributed by atoms with Crippen LogP contribution >= 0.6 is 11.6 Å². The largest absolute Gasteiger partial charge is 0.382 e. The van der Waals surface area contributed by atoms with E-state index in [4.69, 9.17) is 11.6 Å². The number of rotatable bonds is 4. The van der Waals surface area contributed by atoms with Gasteiger partial charge >= 0.3 is 0 Å². The van der Waals surface area contributed by atoms with Crippen LogP contribution in [-0.2, 0) is 4.79 Å². The molecule has 2 N–H and O–H groups in total. The zero-order chi connectivity index (χ0) is 14.5. The van der Waals surface area contributed by atoms with Crippen LogP contribution in [0.1, 0.15) is 46.0 Å². The maximum Gasteiger partial charge on any atom is 0.221 e. The molecule has 1 amide bonds. The highest BCUT2D eigenvalue weighted by Gasteiger charge is 2.20. The van der Waals surface area contributed by atoms with Crippen LogP contribution in [0.5, 0.6) is 0 Å². The van der Waals surface area contributed by atoms with Gasteiger partial charge in [0.1, 0.15) is 0 Å². The summed E-state index contributed by atoms with van der Waals surface area (Å²) in [4.78, 5) is 11.1. The molecule has 0 heterocycles. The summed E-state index contributed by atoms with van der Waals surface area (Å²) < 4.78 is 0. The van der Waals surface area contributed by atoms with Gasteiger partial charge in [-0.05, 0) is 37.0 Å². The van der Waals surface area contributed by atoms with Crippen molar-refractivity contribution in [2.45, 2.75) is 52.0 Å². The molecule has 0 aliphatic heterocycles. The normalized spacial score (nSPS) is 22.4. The van der Waals surface area contributed by atoms with Gasteiger partial charge in [0, 0.05) is 18.7 Å². The number of nitrogens with one attached hydrogen (secondary N) is 2. The first kappa shape index (κ1) is 15.2. The van der Waals surface area contributed by atoms with Gasteiger partial charge in [-0.1, -0.05) is 37.8 Å². The van der Waals surface area contributed by atoms with Crippen LogP contribution in [0.15, 0.2) is 18.2 Å². The van der Waals surface area contributed by atoms with E-state index in [1.807, 2.05) is 18.2 Å². The van der Waals surface area contributed by atoms with Gasteiger partial charge in [0.15, 0.2) is 0 Å². The van der Waals surface area contributed by atoms with Gasteiger partial charge in [-0.15, -0.1) is 0 Å². The summed E-state index contributed by atoms with van der Waals surface area (Å²) in [5, 5.41) is 6.87.